The topological polar surface area (TPSA) is 93.3 Å². The minimum atomic E-state index is -1.11. The number of aromatic nitrogens is 1. The van der Waals surface area contributed by atoms with Gasteiger partial charge in [0.25, 0.3) is 5.69 Å². The maximum Gasteiger partial charge on any atom is 0.336 e. The van der Waals surface area contributed by atoms with Gasteiger partial charge in [0.15, 0.2) is 0 Å². The molecule has 20 heavy (non-hydrogen) atoms. The predicted molar refractivity (Wildman–Crippen MR) is 74.2 cm³/mol. The minimum absolute atomic E-state index is 0.0468. The van der Waals surface area contributed by atoms with Crippen LogP contribution in [0.15, 0.2) is 18.2 Å². The van der Waals surface area contributed by atoms with E-state index in [-0.39, 0.29) is 17.2 Å². The molecule has 0 saturated heterocycles. The number of aromatic carboxylic acids is 1. The standard InChI is InChI=1S/C14H14N2O4/c1-7(2)12-6-11(14(17)18)10-5-9(16(19)20)4-8(3)13(10)15-12/h4-7H,1-3H3,(H,17,18). The number of fused-ring (bicyclic) bond motifs is 1. The van der Waals surface area contributed by atoms with Crippen molar-refractivity contribution < 1.29 is 14.8 Å². The van der Waals surface area contributed by atoms with Crippen LogP contribution in [0.5, 0.6) is 0 Å². The Morgan fingerprint density at radius 1 is 1.35 bits per heavy atom. The van der Waals surface area contributed by atoms with Gasteiger partial charge in [-0.2, -0.15) is 0 Å². The molecule has 1 N–H and O–H groups in total. The summed E-state index contributed by atoms with van der Waals surface area (Å²) in [5, 5.41) is 20.5. The fourth-order valence-electron chi connectivity index (χ4n) is 2.08. The van der Waals surface area contributed by atoms with Crippen molar-refractivity contribution in [3.05, 3.63) is 45.1 Å². The van der Waals surface area contributed by atoms with Crippen LogP contribution in [-0.4, -0.2) is 21.0 Å². The lowest BCUT2D eigenvalue weighted by Gasteiger charge is -2.11. The van der Waals surface area contributed by atoms with Crippen molar-refractivity contribution in [2.24, 2.45) is 0 Å². The number of rotatable bonds is 3. The molecule has 0 aliphatic heterocycles. The third kappa shape index (κ3) is 2.32. The number of nitrogens with zero attached hydrogens (tertiary/aromatic N) is 2. The molecule has 1 aromatic heterocycles. The lowest BCUT2D eigenvalue weighted by atomic mass is 10.0. The molecule has 0 aliphatic rings. The zero-order valence-corrected chi connectivity index (χ0v) is 11.4. The number of benzene rings is 1. The average Bonchev–Trinajstić information content (AvgIpc) is 2.36. The van der Waals surface area contributed by atoms with Crippen molar-refractivity contribution in [1.29, 1.82) is 0 Å². The van der Waals surface area contributed by atoms with E-state index in [2.05, 4.69) is 4.98 Å². The molecule has 6 nitrogen and oxygen atoms in total. The van der Waals surface area contributed by atoms with Gasteiger partial charge >= 0.3 is 5.97 Å². The first kappa shape index (κ1) is 13.9. The molecule has 6 heteroatoms. The highest BCUT2D eigenvalue weighted by atomic mass is 16.6. The van der Waals surface area contributed by atoms with Crippen LogP contribution in [0.1, 0.15) is 41.4 Å². The van der Waals surface area contributed by atoms with E-state index in [0.29, 0.717) is 22.2 Å². The van der Waals surface area contributed by atoms with E-state index in [4.69, 9.17) is 0 Å². The summed E-state index contributed by atoms with van der Waals surface area (Å²) in [7, 11) is 0. The van der Waals surface area contributed by atoms with Gasteiger partial charge in [0, 0.05) is 23.2 Å². The zero-order valence-electron chi connectivity index (χ0n) is 11.4. The molecule has 0 radical (unpaired) electrons. The molecule has 0 bridgehead atoms. The van der Waals surface area contributed by atoms with Crippen LogP contribution in [0.3, 0.4) is 0 Å². The number of carboxylic acids is 1. The summed E-state index contributed by atoms with van der Waals surface area (Å²) in [4.78, 5) is 26.2. The Morgan fingerprint density at radius 3 is 2.50 bits per heavy atom. The lowest BCUT2D eigenvalue weighted by molar-refractivity contribution is -0.384. The van der Waals surface area contributed by atoms with E-state index in [1.54, 1.807) is 6.92 Å². The summed E-state index contributed by atoms with van der Waals surface area (Å²) >= 11 is 0. The van der Waals surface area contributed by atoms with Crippen molar-refractivity contribution in [2.75, 3.05) is 0 Å². The number of non-ortho nitro benzene ring substituents is 1. The van der Waals surface area contributed by atoms with E-state index in [1.807, 2.05) is 13.8 Å². The highest BCUT2D eigenvalue weighted by Crippen LogP contribution is 2.28. The van der Waals surface area contributed by atoms with Gasteiger partial charge in [-0.25, -0.2) is 4.79 Å². The van der Waals surface area contributed by atoms with Crippen LogP contribution in [0.4, 0.5) is 5.69 Å². The molecular weight excluding hydrogens is 260 g/mol. The number of aryl methyl sites for hydroxylation is 1. The summed E-state index contributed by atoms with van der Waals surface area (Å²) in [5.74, 6) is -1.04. The molecule has 104 valence electrons. The summed E-state index contributed by atoms with van der Waals surface area (Å²) in [6.07, 6.45) is 0. The number of hydrogen-bond donors (Lipinski definition) is 1. The first-order chi connectivity index (χ1) is 9.31. The molecule has 0 fully saturated rings. The SMILES string of the molecule is Cc1cc([N+](=O)[O-])cc2c(C(=O)O)cc(C(C)C)nc12. The van der Waals surface area contributed by atoms with Crippen LogP contribution in [0.2, 0.25) is 0 Å². The van der Waals surface area contributed by atoms with Crippen molar-refractivity contribution >= 4 is 22.6 Å². The van der Waals surface area contributed by atoms with E-state index in [9.17, 15) is 20.0 Å². The first-order valence-corrected chi connectivity index (χ1v) is 6.14. The van der Waals surface area contributed by atoms with Gasteiger partial charge in [-0.15, -0.1) is 0 Å². The third-order valence-electron chi connectivity index (χ3n) is 3.14. The van der Waals surface area contributed by atoms with Gasteiger partial charge in [0.2, 0.25) is 0 Å². The van der Waals surface area contributed by atoms with Crippen molar-refractivity contribution in [1.82, 2.24) is 4.98 Å². The van der Waals surface area contributed by atoms with Gasteiger partial charge < -0.3 is 5.11 Å². The van der Waals surface area contributed by atoms with Gasteiger partial charge in [-0.1, -0.05) is 13.8 Å². The van der Waals surface area contributed by atoms with Crippen molar-refractivity contribution in [3.63, 3.8) is 0 Å². The van der Waals surface area contributed by atoms with Crippen LogP contribution in [0.25, 0.3) is 10.9 Å². The molecule has 0 amide bonds. The number of hydrogen-bond acceptors (Lipinski definition) is 4. The second-order valence-electron chi connectivity index (χ2n) is 4.97. The van der Waals surface area contributed by atoms with Crippen molar-refractivity contribution in [2.45, 2.75) is 26.7 Å². The monoisotopic (exact) mass is 274 g/mol. The average molecular weight is 274 g/mol. The molecular formula is C14H14N2O4. The normalized spacial score (nSPS) is 11.0. The molecule has 2 aromatic rings. The molecule has 2 rings (SSSR count). The Balaban J connectivity index is 2.90. The number of pyridine rings is 1. The molecule has 1 aromatic carbocycles. The fraction of sp³-hybridized carbons (Fsp3) is 0.286. The molecule has 0 aliphatic carbocycles. The number of carboxylic acid groups (broad SMARTS) is 1. The Hall–Kier alpha value is -2.50. The van der Waals surface area contributed by atoms with E-state index < -0.39 is 10.9 Å². The van der Waals surface area contributed by atoms with E-state index in [0.717, 1.165) is 0 Å². The Morgan fingerprint density at radius 2 is 2.00 bits per heavy atom. The zero-order chi connectivity index (χ0) is 15.0. The smallest absolute Gasteiger partial charge is 0.336 e. The Bertz CT molecular complexity index is 723. The van der Waals surface area contributed by atoms with Gasteiger partial charge in [-0.3, -0.25) is 15.1 Å². The van der Waals surface area contributed by atoms with Crippen LogP contribution >= 0.6 is 0 Å². The second-order valence-corrected chi connectivity index (χ2v) is 4.97. The van der Waals surface area contributed by atoms with Crippen LogP contribution in [-0.2, 0) is 0 Å². The second kappa shape index (κ2) is 4.88. The van der Waals surface area contributed by atoms with Crippen molar-refractivity contribution in [3.8, 4) is 0 Å². The maximum atomic E-state index is 11.4. The quantitative estimate of drug-likeness (QED) is 0.684. The van der Waals surface area contributed by atoms with Gasteiger partial charge in [0.1, 0.15) is 0 Å². The molecule has 0 saturated carbocycles. The predicted octanol–water partition coefficient (Wildman–Crippen LogP) is 3.27. The molecule has 0 unspecified atom stereocenters. The number of nitro benzene ring substituents is 1. The van der Waals surface area contributed by atoms with E-state index in [1.165, 1.54) is 18.2 Å². The summed E-state index contributed by atoms with van der Waals surface area (Å²) < 4.78 is 0. The number of nitro groups is 1. The largest absolute Gasteiger partial charge is 0.478 e. The molecule has 0 atom stereocenters. The highest BCUT2D eigenvalue weighted by Gasteiger charge is 2.18. The first-order valence-electron chi connectivity index (χ1n) is 6.14. The third-order valence-corrected chi connectivity index (χ3v) is 3.14. The Kier molecular flexibility index (Phi) is 3.40. The van der Waals surface area contributed by atoms with Crippen LogP contribution in [0, 0.1) is 17.0 Å². The van der Waals surface area contributed by atoms with Gasteiger partial charge in [0.05, 0.1) is 16.0 Å². The number of carbonyl (C=O) groups is 1. The lowest BCUT2D eigenvalue weighted by Crippen LogP contribution is -2.04. The highest BCUT2D eigenvalue weighted by molar-refractivity contribution is 6.04. The van der Waals surface area contributed by atoms with E-state index >= 15 is 0 Å². The molecule has 0 spiro atoms. The maximum absolute atomic E-state index is 11.4. The summed E-state index contributed by atoms with van der Waals surface area (Å²) in [6.45, 7) is 5.53. The minimum Gasteiger partial charge on any atom is -0.478 e. The molecule has 1 heterocycles. The summed E-state index contributed by atoms with van der Waals surface area (Å²) in [6, 6.07) is 4.16. The fourth-order valence-corrected chi connectivity index (χ4v) is 2.08. The van der Waals surface area contributed by atoms with Crippen LogP contribution < -0.4 is 0 Å². The summed E-state index contributed by atoms with van der Waals surface area (Å²) in [5.41, 5.74) is 1.67. The Labute approximate surface area is 115 Å². The van der Waals surface area contributed by atoms with Gasteiger partial charge in [-0.05, 0) is 24.5 Å².